The van der Waals surface area contributed by atoms with Gasteiger partial charge < -0.3 is 19.3 Å². The Bertz CT molecular complexity index is 1000. The van der Waals surface area contributed by atoms with Crippen LogP contribution in [0.1, 0.15) is 54.5 Å². The number of aryl methyl sites for hydroxylation is 3. The summed E-state index contributed by atoms with van der Waals surface area (Å²) in [6.45, 7) is 12.9. The highest BCUT2D eigenvalue weighted by Gasteiger charge is 2.47. The molecular formula is C25H32N2O4. The van der Waals surface area contributed by atoms with E-state index < -0.39 is 17.7 Å². The molecule has 0 aliphatic carbocycles. The van der Waals surface area contributed by atoms with Gasteiger partial charge in [-0.05, 0) is 70.6 Å². The Hall–Kier alpha value is -2.86. The lowest BCUT2D eigenvalue weighted by atomic mass is 9.96. The van der Waals surface area contributed by atoms with E-state index >= 15 is 0 Å². The molecule has 1 fully saturated rings. The summed E-state index contributed by atoms with van der Waals surface area (Å²) in [6.07, 6.45) is 0.731. The van der Waals surface area contributed by atoms with Crippen molar-refractivity contribution in [1.29, 1.82) is 0 Å². The molecular weight excluding hydrogens is 392 g/mol. The third-order valence-electron chi connectivity index (χ3n) is 5.99. The SMILES string of the molecule is CCN(CC)CCCN1C(=O)C(=O)C(=C(O)c2cc(C)ccc2C)C1c1ccc(C)o1. The molecule has 166 valence electrons. The molecule has 6 heteroatoms. The predicted octanol–water partition coefficient (Wildman–Crippen LogP) is 4.36. The maximum atomic E-state index is 13.1. The molecule has 1 unspecified atom stereocenters. The maximum absolute atomic E-state index is 13.1. The van der Waals surface area contributed by atoms with E-state index in [9.17, 15) is 14.7 Å². The second-order valence-corrected chi connectivity index (χ2v) is 8.14. The summed E-state index contributed by atoms with van der Waals surface area (Å²) in [4.78, 5) is 29.9. The number of benzene rings is 1. The molecule has 1 amide bonds. The first-order chi connectivity index (χ1) is 14.8. The van der Waals surface area contributed by atoms with Crippen molar-refractivity contribution in [2.24, 2.45) is 0 Å². The highest BCUT2D eigenvalue weighted by atomic mass is 16.3. The number of aliphatic hydroxyl groups excluding tert-OH is 1. The topological polar surface area (TPSA) is 74.0 Å². The number of amides is 1. The Morgan fingerprint density at radius 2 is 1.81 bits per heavy atom. The smallest absolute Gasteiger partial charge is 0.295 e. The number of hydrogen-bond donors (Lipinski definition) is 1. The fourth-order valence-electron chi connectivity index (χ4n) is 4.15. The van der Waals surface area contributed by atoms with Crippen LogP contribution in [0.5, 0.6) is 0 Å². The van der Waals surface area contributed by atoms with E-state index in [-0.39, 0.29) is 11.3 Å². The van der Waals surface area contributed by atoms with Gasteiger partial charge in [0.15, 0.2) is 0 Å². The van der Waals surface area contributed by atoms with Crippen LogP contribution < -0.4 is 0 Å². The van der Waals surface area contributed by atoms with E-state index in [1.807, 2.05) is 45.0 Å². The second-order valence-electron chi connectivity index (χ2n) is 8.14. The summed E-state index contributed by atoms with van der Waals surface area (Å²) in [5, 5.41) is 11.2. The van der Waals surface area contributed by atoms with Gasteiger partial charge in [0.2, 0.25) is 0 Å². The van der Waals surface area contributed by atoms with Gasteiger partial charge in [-0.3, -0.25) is 9.59 Å². The Kier molecular flexibility index (Phi) is 7.01. The lowest BCUT2D eigenvalue weighted by Crippen LogP contribution is -2.33. The van der Waals surface area contributed by atoms with Crippen molar-refractivity contribution in [2.75, 3.05) is 26.2 Å². The zero-order valence-corrected chi connectivity index (χ0v) is 19.1. The fourth-order valence-corrected chi connectivity index (χ4v) is 4.15. The van der Waals surface area contributed by atoms with E-state index in [2.05, 4.69) is 18.7 Å². The Balaban J connectivity index is 2.04. The molecule has 1 aliphatic heterocycles. The summed E-state index contributed by atoms with van der Waals surface area (Å²) in [5.74, 6) is -0.225. The molecule has 0 spiro atoms. The molecule has 2 heterocycles. The Morgan fingerprint density at radius 3 is 2.42 bits per heavy atom. The monoisotopic (exact) mass is 424 g/mol. The number of aliphatic hydroxyl groups is 1. The van der Waals surface area contributed by atoms with Gasteiger partial charge in [0.1, 0.15) is 23.3 Å². The minimum Gasteiger partial charge on any atom is -0.507 e. The lowest BCUT2D eigenvalue weighted by Gasteiger charge is -2.25. The average Bonchev–Trinajstić information content (AvgIpc) is 3.28. The zero-order chi connectivity index (χ0) is 22.7. The molecule has 0 saturated carbocycles. The van der Waals surface area contributed by atoms with Crippen molar-refractivity contribution in [2.45, 2.75) is 47.1 Å². The first kappa shape index (κ1) is 22.8. The zero-order valence-electron chi connectivity index (χ0n) is 19.1. The van der Waals surface area contributed by atoms with E-state index in [0.717, 1.165) is 37.2 Å². The Morgan fingerprint density at radius 1 is 1.10 bits per heavy atom. The molecule has 0 bridgehead atoms. The number of carbonyl (C=O) groups excluding carboxylic acids is 2. The molecule has 1 atom stereocenters. The van der Waals surface area contributed by atoms with Crippen LogP contribution in [0.3, 0.4) is 0 Å². The van der Waals surface area contributed by atoms with Gasteiger partial charge in [0.25, 0.3) is 11.7 Å². The fraction of sp³-hybridized carbons (Fsp3) is 0.440. The molecule has 1 aromatic heterocycles. The molecule has 1 N–H and O–H groups in total. The van der Waals surface area contributed by atoms with Crippen molar-refractivity contribution < 1.29 is 19.1 Å². The number of Topliss-reactive ketones (excluding diaryl/α,β-unsaturated/α-hetero) is 1. The molecule has 6 nitrogen and oxygen atoms in total. The third kappa shape index (κ3) is 4.59. The molecule has 1 aromatic carbocycles. The number of furan rings is 1. The third-order valence-corrected chi connectivity index (χ3v) is 5.99. The van der Waals surface area contributed by atoms with Crippen LogP contribution >= 0.6 is 0 Å². The summed E-state index contributed by atoms with van der Waals surface area (Å²) < 4.78 is 5.83. The number of nitrogens with zero attached hydrogens (tertiary/aromatic N) is 2. The number of likely N-dealkylation sites (tertiary alicyclic amines) is 1. The highest BCUT2D eigenvalue weighted by Crippen LogP contribution is 2.40. The lowest BCUT2D eigenvalue weighted by molar-refractivity contribution is -0.140. The van der Waals surface area contributed by atoms with Crippen LogP contribution in [0.25, 0.3) is 5.76 Å². The first-order valence-corrected chi connectivity index (χ1v) is 10.9. The van der Waals surface area contributed by atoms with Crippen LogP contribution in [0.4, 0.5) is 0 Å². The van der Waals surface area contributed by atoms with Gasteiger partial charge in [-0.2, -0.15) is 0 Å². The van der Waals surface area contributed by atoms with E-state index in [0.29, 0.717) is 23.6 Å². The van der Waals surface area contributed by atoms with Crippen LogP contribution in [0.2, 0.25) is 0 Å². The van der Waals surface area contributed by atoms with Gasteiger partial charge in [-0.15, -0.1) is 0 Å². The van der Waals surface area contributed by atoms with Crippen LogP contribution in [0.15, 0.2) is 40.3 Å². The molecule has 1 saturated heterocycles. The number of ketones is 1. The quantitative estimate of drug-likeness (QED) is 0.387. The molecule has 3 rings (SSSR count). The number of rotatable bonds is 8. The molecule has 0 radical (unpaired) electrons. The van der Waals surface area contributed by atoms with Crippen molar-refractivity contribution >= 4 is 17.4 Å². The van der Waals surface area contributed by atoms with Gasteiger partial charge in [-0.25, -0.2) is 0 Å². The number of hydrogen-bond acceptors (Lipinski definition) is 5. The van der Waals surface area contributed by atoms with E-state index in [4.69, 9.17) is 4.42 Å². The standard InChI is InChI=1S/C25H32N2O4/c1-6-26(7-2)13-8-14-27-22(20-12-11-18(5)31-20)21(24(29)25(27)30)23(28)19-15-16(3)9-10-17(19)4/h9-12,15,22,28H,6-8,13-14H2,1-5H3. The normalized spacial score (nSPS) is 18.4. The molecule has 31 heavy (non-hydrogen) atoms. The predicted molar refractivity (Wildman–Crippen MR) is 121 cm³/mol. The van der Waals surface area contributed by atoms with E-state index in [1.54, 1.807) is 11.0 Å². The summed E-state index contributed by atoms with van der Waals surface area (Å²) in [6, 6.07) is 8.54. The maximum Gasteiger partial charge on any atom is 0.295 e. The molecule has 2 aromatic rings. The molecule has 1 aliphatic rings. The van der Waals surface area contributed by atoms with Crippen molar-refractivity contribution in [3.05, 3.63) is 64.1 Å². The van der Waals surface area contributed by atoms with Crippen LogP contribution in [-0.4, -0.2) is 52.8 Å². The van der Waals surface area contributed by atoms with Crippen LogP contribution in [0, 0.1) is 20.8 Å². The summed E-state index contributed by atoms with van der Waals surface area (Å²) >= 11 is 0. The average molecular weight is 425 g/mol. The largest absolute Gasteiger partial charge is 0.507 e. The highest BCUT2D eigenvalue weighted by molar-refractivity contribution is 6.46. The summed E-state index contributed by atoms with van der Waals surface area (Å²) in [7, 11) is 0. The second kappa shape index (κ2) is 9.52. The van der Waals surface area contributed by atoms with Gasteiger partial charge >= 0.3 is 0 Å². The van der Waals surface area contributed by atoms with E-state index in [1.165, 1.54) is 0 Å². The van der Waals surface area contributed by atoms with Gasteiger partial charge in [-0.1, -0.05) is 31.5 Å². The van der Waals surface area contributed by atoms with Crippen molar-refractivity contribution in [3.8, 4) is 0 Å². The minimum atomic E-state index is -0.731. The van der Waals surface area contributed by atoms with Gasteiger partial charge in [0.05, 0.1) is 5.57 Å². The number of carbonyl (C=O) groups is 2. The first-order valence-electron chi connectivity index (χ1n) is 10.9. The van der Waals surface area contributed by atoms with Crippen LogP contribution in [-0.2, 0) is 9.59 Å². The van der Waals surface area contributed by atoms with Gasteiger partial charge in [0, 0.05) is 12.1 Å². The van der Waals surface area contributed by atoms with Crippen molar-refractivity contribution in [3.63, 3.8) is 0 Å². The van der Waals surface area contributed by atoms with Crippen molar-refractivity contribution in [1.82, 2.24) is 9.80 Å². The Labute approximate surface area is 184 Å². The minimum absolute atomic E-state index is 0.0934. The summed E-state index contributed by atoms with van der Waals surface area (Å²) in [5.41, 5.74) is 2.46.